The van der Waals surface area contributed by atoms with Crippen molar-refractivity contribution in [3.05, 3.63) is 53.9 Å². The molecule has 4 heteroatoms. The van der Waals surface area contributed by atoms with Crippen LogP contribution < -0.4 is 11.1 Å². The Hall–Kier alpha value is -2.36. The Morgan fingerprint density at radius 2 is 2.11 bits per heavy atom. The number of hydrogen-bond acceptors (Lipinski definition) is 3. The number of aromatic nitrogens is 1. The summed E-state index contributed by atoms with van der Waals surface area (Å²) in [6.45, 7) is 2.11. The van der Waals surface area contributed by atoms with Crippen LogP contribution in [0.25, 0.3) is 0 Å². The number of nitrogens with one attached hydrogen (secondary N) is 1. The molecule has 0 bridgehead atoms. The van der Waals surface area contributed by atoms with Crippen molar-refractivity contribution in [3.63, 3.8) is 0 Å². The standard InChI is InChI=1S/C15H17N3O/c1-2-5-11-6-3-4-7-13(11)18-15(19)14-10-12(16)8-9-17-14/h3-4,6-10H,2,5H2,1H3,(H2,16,17)(H,18,19). The molecule has 0 aliphatic rings. The predicted octanol–water partition coefficient (Wildman–Crippen LogP) is 2.87. The quantitative estimate of drug-likeness (QED) is 0.882. The summed E-state index contributed by atoms with van der Waals surface area (Å²) in [6.07, 6.45) is 3.49. The summed E-state index contributed by atoms with van der Waals surface area (Å²) in [5.74, 6) is -0.240. The molecule has 1 aromatic carbocycles. The molecular formula is C15H17N3O. The summed E-state index contributed by atoms with van der Waals surface area (Å²) in [5.41, 5.74) is 8.46. The van der Waals surface area contributed by atoms with E-state index in [0.717, 1.165) is 24.1 Å². The van der Waals surface area contributed by atoms with Gasteiger partial charge in [-0.1, -0.05) is 31.5 Å². The smallest absolute Gasteiger partial charge is 0.274 e. The molecule has 0 aliphatic heterocycles. The van der Waals surface area contributed by atoms with Crippen molar-refractivity contribution in [2.45, 2.75) is 19.8 Å². The maximum absolute atomic E-state index is 12.1. The second-order valence-electron chi connectivity index (χ2n) is 4.34. The molecular weight excluding hydrogens is 238 g/mol. The van der Waals surface area contributed by atoms with Gasteiger partial charge in [0.2, 0.25) is 0 Å². The van der Waals surface area contributed by atoms with Crippen LogP contribution in [0.4, 0.5) is 11.4 Å². The molecule has 1 amide bonds. The van der Waals surface area contributed by atoms with Gasteiger partial charge in [-0.2, -0.15) is 0 Å². The molecule has 0 aliphatic carbocycles. The van der Waals surface area contributed by atoms with Crippen molar-refractivity contribution in [1.29, 1.82) is 0 Å². The lowest BCUT2D eigenvalue weighted by atomic mass is 10.1. The van der Waals surface area contributed by atoms with E-state index in [4.69, 9.17) is 5.73 Å². The zero-order valence-electron chi connectivity index (χ0n) is 10.9. The Morgan fingerprint density at radius 1 is 1.32 bits per heavy atom. The van der Waals surface area contributed by atoms with E-state index < -0.39 is 0 Å². The fraction of sp³-hybridized carbons (Fsp3) is 0.200. The van der Waals surface area contributed by atoms with E-state index in [1.54, 1.807) is 12.1 Å². The molecule has 19 heavy (non-hydrogen) atoms. The predicted molar refractivity (Wildman–Crippen MR) is 77.0 cm³/mol. The minimum absolute atomic E-state index is 0.240. The van der Waals surface area contributed by atoms with Crippen LogP contribution in [0, 0.1) is 0 Å². The third kappa shape index (κ3) is 3.31. The Balaban J connectivity index is 2.19. The largest absolute Gasteiger partial charge is 0.399 e. The van der Waals surface area contributed by atoms with Gasteiger partial charge in [-0.3, -0.25) is 9.78 Å². The van der Waals surface area contributed by atoms with E-state index in [1.165, 1.54) is 6.20 Å². The lowest BCUT2D eigenvalue weighted by Crippen LogP contribution is -2.15. The first-order valence-electron chi connectivity index (χ1n) is 6.31. The van der Waals surface area contributed by atoms with Crippen LogP contribution in [0.15, 0.2) is 42.6 Å². The van der Waals surface area contributed by atoms with Crippen molar-refractivity contribution in [3.8, 4) is 0 Å². The molecule has 2 aromatic rings. The summed E-state index contributed by atoms with van der Waals surface area (Å²) < 4.78 is 0. The Bertz CT molecular complexity index is 581. The van der Waals surface area contributed by atoms with Gasteiger partial charge in [-0.15, -0.1) is 0 Å². The zero-order chi connectivity index (χ0) is 13.7. The second-order valence-corrected chi connectivity index (χ2v) is 4.34. The normalized spacial score (nSPS) is 10.2. The molecule has 1 heterocycles. The first-order chi connectivity index (χ1) is 9.20. The van der Waals surface area contributed by atoms with Gasteiger partial charge in [0.05, 0.1) is 0 Å². The maximum atomic E-state index is 12.1. The number of rotatable bonds is 4. The number of amides is 1. The number of nitrogens with zero attached hydrogens (tertiary/aromatic N) is 1. The number of hydrogen-bond donors (Lipinski definition) is 2. The molecule has 3 N–H and O–H groups in total. The van der Waals surface area contributed by atoms with Crippen molar-refractivity contribution in [1.82, 2.24) is 4.98 Å². The average Bonchev–Trinajstić information content (AvgIpc) is 2.41. The molecule has 0 spiro atoms. The van der Waals surface area contributed by atoms with E-state index in [0.29, 0.717) is 11.4 Å². The minimum atomic E-state index is -0.240. The van der Waals surface area contributed by atoms with Gasteiger partial charge >= 0.3 is 0 Å². The lowest BCUT2D eigenvalue weighted by molar-refractivity contribution is 0.102. The van der Waals surface area contributed by atoms with Gasteiger partial charge in [0.25, 0.3) is 5.91 Å². The van der Waals surface area contributed by atoms with Gasteiger partial charge in [0.1, 0.15) is 5.69 Å². The first kappa shape index (κ1) is 13.1. The molecule has 4 nitrogen and oxygen atoms in total. The van der Waals surface area contributed by atoms with Crippen LogP contribution in [0.2, 0.25) is 0 Å². The summed E-state index contributed by atoms with van der Waals surface area (Å²) in [6, 6.07) is 11.0. The Morgan fingerprint density at radius 3 is 2.84 bits per heavy atom. The molecule has 0 saturated heterocycles. The third-order valence-corrected chi connectivity index (χ3v) is 2.80. The van der Waals surface area contributed by atoms with Gasteiger partial charge < -0.3 is 11.1 Å². The average molecular weight is 255 g/mol. The van der Waals surface area contributed by atoms with E-state index >= 15 is 0 Å². The molecule has 2 rings (SSSR count). The van der Waals surface area contributed by atoms with Gasteiger partial charge in [0.15, 0.2) is 0 Å². The molecule has 98 valence electrons. The number of benzene rings is 1. The van der Waals surface area contributed by atoms with E-state index in [2.05, 4.69) is 17.2 Å². The number of aryl methyl sites for hydroxylation is 1. The fourth-order valence-electron chi connectivity index (χ4n) is 1.89. The first-order valence-corrected chi connectivity index (χ1v) is 6.31. The van der Waals surface area contributed by atoms with Gasteiger partial charge in [-0.25, -0.2) is 0 Å². The Labute approximate surface area is 112 Å². The SMILES string of the molecule is CCCc1ccccc1NC(=O)c1cc(N)ccn1. The van der Waals surface area contributed by atoms with Crippen LogP contribution in [-0.4, -0.2) is 10.9 Å². The Kier molecular flexibility index (Phi) is 4.13. The number of pyridine rings is 1. The van der Waals surface area contributed by atoms with Crippen LogP contribution >= 0.6 is 0 Å². The third-order valence-electron chi connectivity index (χ3n) is 2.80. The minimum Gasteiger partial charge on any atom is -0.399 e. The van der Waals surface area contributed by atoms with Crippen molar-refractivity contribution >= 4 is 17.3 Å². The maximum Gasteiger partial charge on any atom is 0.274 e. The summed E-state index contributed by atoms with van der Waals surface area (Å²) in [4.78, 5) is 16.1. The van der Waals surface area contributed by atoms with Crippen LogP contribution in [-0.2, 0) is 6.42 Å². The number of nitrogens with two attached hydrogens (primary N) is 1. The molecule has 0 fully saturated rings. The van der Waals surface area contributed by atoms with E-state index in [1.807, 2.05) is 24.3 Å². The summed E-state index contributed by atoms with van der Waals surface area (Å²) >= 11 is 0. The molecule has 0 atom stereocenters. The fourth-order valence-corrected chi connectivity index (χ4v) is 1.89. The zero-order valence-corrected chi connectivity index (χ0v) is 10.9. The van der Waals surface area contributed by atoms with E-state index in [-0.39, 0.29) is 5.91 Å². The van der Waals surface area contributed by atoms with Gasteiger partial charge in [-0.05, 0) is 30.2 Å². The van der Waals surface area contributed by atoms with Crippen LogP contribution in [0.5, 0.6) is 0 Å². The lowest BCUT2D eigenvalue weighted by Gasteiger charge is -2.10. The molecule has 1 aromatic heterocycles. The molecule has 0 saturated carbocycles. The number of carbonyl (C=O) groups excluding carboxylic acids is 1. The highest BCUT2D eigenvalue weighted by atomic mass is 16.1. The second kappa shape index (κ2) is 6.00. The number of anilines is 2. The topological polar surface area (TPSA) is 68.0 Å². The van der Waals surface area contributed by atoms with Crippen LogP contribution in [0.1, 0.15) is 29.4 Å². The van der Waals surface area contributed by atoms with Crippen molar-refractivity contribution in [2.75, 3.05) is 11.1 Å². The molecule has 0 radical (unpaired) electrons. The summed E-state index contributed by atoms with van der Waals surface area (Å²) in [5, 5.41) is 2.88. The summed E-state index contributed by atoms with van der Waals surface area (Å²) in [7, 11) is 0. The number of nitrogen functional groups attached to an aromatic ring is 1. The number of para-hydroxylation sites is 1. The van der Waals surface area contributed by atoms with E-state index in [9.17, 15) is 4.79 Å². The van der Waals surface area contributed by atoms with Crippen LogP contribution in [0.3, 0.4) is 0 Å². The molecule has 0 unspecified atom stereocenters. The highest BCUT2D eigenvalue weighted by Gasteiger charge is 2.09. The monoisotopic (exact) mass is 255 g/mol. The van der Waals surface area contributed by atoms with Crippen molar-refractivity contribution in [2.24, 2.45) is 0 Å². The van der Waals surface area contributed by atoms with Crippen molar-refractivity contribution < 1.29 is 4.79 Å². The van der Waals surface area contributed by atoms with Gasteiger partial charge in [0, 0.05) is 17.6 Å². The highest BCUT2D eigenvalue weighted by molar-refractivity contribution is 6.03. The highest BCUT2D eigenvalue weighted by Crippen LogP contribution is 2.17. The number of carbonyl (C=O) groups is 1.